The fourth-order valence-electron chi connectivity index (χ4n) is 3.09. The molecule has 1 unspecified atom stereocenters. The van der Waals surface area contributed by atoms with E-state index in [0.29, 0.717) is 6.42 Å². The molecule has 3 nitrogen and oxygen atoms in total. The van der Waals surface area contributed by atoms with Crippen molar-refractivity contribution in [3.8, 4) is 0 Å². The number of carboxylic acids is 1. The molecular formula is C22H42O3. The zero-order valence-corrected chi connectivity index (χ0v) is 16.8. The zero-order valence-electron chi connectivity index (χ0n) is 16.8. The van der Waals surface area contributed by atoms with Crippen LogP contribution in [0, 0.1) is 0 Å². The van der Waals surface area contributed by atoms with Gasteiger partial charge in [0.25, 0.3) is 0 Å². The number of rotatable bonds is 19. The van der Waals surface area contributed by atoms with Crippen LogP contribution < -0.4 is 0 Å². The van der Waals surface area contributed by atoms with Gasteiger partial charge >= 0.3 is 5.97 Å². The van der Waals surface area contributed by atoms with Gasteiger partial charge in [-0.25, -0.2) is 4.79 Å². The van der Waals surface area contributed by atoms with E-state index in [1.54, 1.807) is 0 Å². The van der Waals surface area contributed by atoms with Crippen LogP contribution in [-0.4, -0.2) is 24.3 Å². The summed E-state index contributed by atoms with van der Waals surface area (Å²) < 4.78 is 4.89. The van der Waals surface area contributed by atoms with Gasteiger partial charge in [0.15, 0.2) is 6.10 Å². The Morgan fingerprint density at radius 3 is 1.64 bits per heavy atom. The molecule has 0 rings (SSSR count). The Hall–Kier alpha value is -0.830. The summed E-state index contributed by atoms with van der Waals surface area (Å²) in [6, 6.07) is 0. The highest BCUT2D eigenvalue weighted by molar-refractivity contribution is 5.72. The summed E-state index contributed by atoms with van der Waals surface area (Å²) in [5, 5.41) is 8.85. The van der Waals surface area contributed by atoms with E-state index >= 15 is 0 Å². The first-order valence-corrected chi connectivity index (χ1v) is 10.6. The summed E-state index contributed by atoms with van der Waals surface area (Å²) >= 11 is 0. The van der Waals surface area contributed by atoms with Crippen molar-refractivity contribution < 1.29 is 14.6 Å². The molecule has 0 amide bonds. The number of unbranched alkanes of at least 4 members (excludes halogenated alkanes) is 14. The summed E-state index contributed by atoms with van der Waals surface area (Å²) in [6.45, 7) is 2.27. The van der Waals surface area contributed by atoms with E-state index in [2.05, 4.69) is 13.0 Å². The van der Waals surface area contributed by atoms with Crippen LogP contribution in [0.5, 0.6) is 0 Å². The lowest BCUT2D eigenvalue weighted by Crippen LogP contribution is -2.21. The van der Waals surface area contributed by atoms with Crippen molar-refractivity contribution in [1.82, 2.24) is 0 Å². The first-order chi connectivity index (χ1) is 12.2. The molecule has 0 aliphatic rings. The lowest BCUT2D eigenvalue weighted by molar-refractivity contribution is -0.148. The highest BCUT2D eigenvalue weighted by Crippen LogP contribution is 2.13. The summed E-state index contributed by atoms with van der Waals surface area (Å²) in [5.74, 6) is -0.886. The van der Waals surface area contributed by atoms with Gasteiger partial charge in [-0.05, 0) is 12.8 Å². The van der Waals surface area contributed by atoms with Gasteiger partial charge < -0.3 is 9.84 Å². The van der Waals surface area contributed by atoms with E-state index in [1.807, 2.05) is 6.08 Å². The molecule has 0 heterocycles. The Balaban J connectivity index is 3.20. The van der Waals surface area contributed by atoms with Crippen LogP contribution in [0.25, 0.3) is 0 Å². The van der Waals surface area contributed by atoms with Crippen molar-refractivity contribution in [1.29, 1.82) is 0 Å². The summed E-state index contributed by atoms with van der Waals surface area (Å²) in [5.41, 5.74) is 0. The molecule has 0 spiro atoms. The molecule has 1 N–H and O–H groups in total. The molecule has 148 valence electrons. The van der Waals surface area contributed by atoms with Crippen molar-refractivity contribution in [2.75, 3.05) is 7.11 Å². The average Bonchev–Trinajstić information content (AvgIpc) is 2.60. The molecule has 0 saturated heterocycles. The van der Waals surface area contributed by atoms with Gasteiger partial charge in [-0.2, -0.15) is 0 Å². The largest absolute Gasteiger partial charge is 0.479 e. The van der Waals surface area contributed by atoms with Crippen LogP contribution in [0.2, 0.25) is 0 Å². The van der Waals surface area contributed by atoms with E-state index in [4.69, 9.17) is 9.84 Å². The third-order valence-electron chi connectivity index (χ3n) is 4.80. The van der Waals surface area contributed by atoms with Crippen LogP contribution in [0.1, 0.15) is 110 Å². The molecule has 1 atom stereocenters. The maximum absolute atomic E-state index is 10.8. The van der Waals surface area contributed by atoms with Crippen molar-refractivity contribution >= 4 is 5.97 Å². The molecule has 0 saturated carbocycles. The highest BCUT2D eigenvalue weighted by atomic mass is 16.5. The standard InChI is InChI=1S/C22H42O3/c1-3-4-5-6-7-8-9-10-11-12-13-14-15-16-17-18-19-20-21(25-2)22(23)24/h18-19,21H,3-17,20H2,1-2H3,(H,23,24). The quantitative estimate of drug-likeness (QED) is 0.203. The smallest absolute Gasteiger partial charge is 0.333 e. The first kappa shape index (κ1) is 24.2. The Labute approximate surface area is 156 Å². The lowest BCUT2D eigenvalue weighted by atomic mass is 10.0. The predicted molar refractivity (Wildman–Crippen MR) is 107 cm³/mol. The number of carboxylic acid groups (broad SMARTS) is 1. The second kappa shape index (κ2) is 19.5. The van der Waals surface area contributed by atoms with Gasteiger partial charge in [0.2, 0.25) is 0 Å². The molecule has 0 aromatic rings. The number of aliphatic carboxylic acids is 1. The number of allylic oxidation sites excluding steroid dienone is 1. The average molecular weight is 355 g/mol. The van der Waals surface area contributed by atoms with Gasteiger partial charge in [0.1, 0.15) is 0 Å². The minimum Gasteiger partial charge on any atom is -0.479 e. The van der Waals surface area contributed by atoms with Gasteiger partial charge in [-0.1, -0.05) is 103 Å². The third kappa shape index (κ3) is 17.8. The van der Waals surface area contributed by atoms with Crippen molar-refractivity contribution in [3.05, 3.63) is 12.2 Å². The topological polar surface area (TPSA) is 46.5 Å². The van der Waals surface area contributed by atoms with Crippen molar-refractivity contribution in [2.24, 2.45) is 0 Å². The molecule has 0 aliphatic carbocycles. The molecule has 0 aliphatic heterocycles. The molecule has 25 heavy (non-hydrogen) atoms. The highest BCUT2D eigenvalue weighted by Gasteiger charge is 2.13. The van der Waals surface area contributed by atoms with Crippen molar-refractivity contribution in [2.45, 2.75) is 116 Å². The van der Waals surface area contributed by atoms with Gasteiger partial charge in [-0.15, -0.1) is 0 Å². The van der Waals surface area contributed by atoms with E-state index in [9.17, 15) is 4.79 Å². The van der Waals surface area contributed by atoms with E-state index in [1.165, 1.54) is 97.0 Å². The lowest BCUT2D eigenvalue weighted by Gasteiger charge is -2.06. The maximum Gasteiger partial charge on any atom is 0.333 e. The predicted octanol–water partition coefficient (Wildman–Crippen LogP) is 6.90. The number of hydrogen-bond donors (Lipinski definition) is 1. The fraction of sp³-hybridized carbons (Fsp3) is 0.864. The Bertz CT molecular complexity index is 312. The number of carbonyl (C=O) groups is 1. The Morgan fingerprint density at radius 2 is 1.24 bits per heavy atom. The normalized spacial score (nSPS) is 12.7. The van der Waals surface area contributed by atoms with Gasteiger partial charge in [0.05, 0.1) is 0 Å². The number of methoxy groups -OCH3 is 1. The monoisotopic (exact) mass is 354 g/mol. The van der Waals surface area contributed by atoms with E-state index in [0.717, 1.165) is 6.42 Å². The fourth-order valence-corrected chi connectivity index (χ4v) is 3.09. The second-order valence-corrected chi connectivity index (χ2v) is 7.15. The maximum atomic E-state index is 10.8. The molecular weight excluding hydrogens is 312 g/mol. The Morgan fingerprint density at radius 1 is 0.800 bits per heavy atom. The first-order valence-electron chi connectivity index (χ1n) is 10.6. The molecule has 3 heteroatoms. The Kier molecular flexibility index (Phi) is 18.8. The van der Waals surface area contributed by atoms with Crippen molar-refractivity contribution in [3.63, 3.8) is 0 Å². The van der Waals surface area contributed by atoms with Crippen LogP contribution in [0.3, 0.4) is 0 Å². The number of hydrogen-bond acceptors (Lipinski definition) is 2. The molecule has 0 fully saturated rings. The molecule has 0 radical (unpaired) electrons. The SMILES string of the molecule is CCCCCCCCCCCCCCCCC=CCC(OC)C(=O)O. The molecule has 0 bridgehead atoms. The van der Waals surface area contributed by atoms with E-state index in [-0.39, 0.29) is 0 Å². The molecule has 0 aromatic heterocycles. The zero-order chi connectivity index (χ0) is 18.6. The van der Waals surface area contributed by atoms with Crippen LogP contribution in [-0.2, 0) is 9.53 Å². The van der Waals surface area contributed by atoms with Gasteiger partial charge in [-0.3, -0.25) is 0 Å². The van der Waals surface area contributed by atoms with Crippen LogP contribution in [0.15, 0.2) is 12.2 Å². The second-order valence-electron chi connectivity index (χ2n) is 7.15. The van der Waals surface area contributed by atoms with Crippen LogP contribution in [0.4, 0.5) is 0 Å². The summed E-state index contributed by atoms with van der Waals surface area (Å²) in [7, 11) is 1.44. The third-order valence-corrected chi connectivity index (χ3v) is 4.80. The van der Waals surface area contributed by atoms with Crippen LogP contribution >= 0.6 is 0 Å². The molecule has 0 aromatic carbocycles. The summed E-state index contributed by atoms with van der Waals surface area (Å²) in [6.07, 6.45) is 24.2. The van der Waals surface area contributed by atoms with Gasteiger partial charge in [0, 0.05) is 13.5 Å². The minimum absolute atomic E-state index is 0.463. The number of ether oxygens (including phenoxy) is 1. The minimum atomic E-state index is -0.886. The van der Waals surface area contributed by atoms with E-state index < -0.39 is 12.1 Å². The summed E-state index contributed by atoms with van der Waals surface area (Å²) in [4.78, 5) is 10.8.